The summed E-state index contributed by atoms with van der Waals surface area (Å²) in [7, 11) is 0. The van der Waals surface area contributed by atoms with E-state index >= 15 is 0 Å². The van der Waals surface area contributed by atoms with Crippen molar-refractivity contribution in [3.05, 3.63) is 12.2 Å². The number of hydrogen-bond donors (Lipinski definition) is 2. The Labute approximate surface area is 62.2 Å². The minimum Gasteiger partial charge on any atom is -0.396 e. The molecule has 0 unspecified atom stereocenters. The zero-order chi connectivity index (χ0) is 7.66. The van der Waals surface area contributed by atoms with Gasteiger partial charge < -0.3 is 10.2 Å². The average molecular weight is 144 g/mol. The lowest BCUT2D eigenvalue weighted by Gasteiger charge is -1.89. The second kappa shape index (κ2) is 8.66. The van der Waals surface area contributed by atoms with E-state index in [9.17, 15) is 0 Å². The summed E-state index contributed by atoms with van der Waals surface area (Å²) in [5.41, 5.74) is 0. The van der Waals surface area contributed by atoms with Gasteiger partial charge >= 0.3 is 0 Å². The molecule has 0 amide bonds. The average Bonchev–Trinajstić information content (AvgIpc) is 1.97. The minimum absolute atomic E-state index is 0.268. The fraction of sp³-hybridized carbons (Fsp3) is 0.750. The van der Waals surface area contributed by atoms with Crippen molar-refractivity contribution in [3.8, 4) is 0 Å². The molecule has 2 nitrogen and oxygen atoms in total. The molecule has 0 aliphatic heterocycles. The van der Waals surface area contributed by atoms with Gasteiger partial charge in [0.2, 0.25) is 0 Å². The van der Waals surface area contributed by atoms with Gasteiger partial charge in [0.1, 0.15) is 0 Å². The van der Waals surface area contributed by atoms with E-state index < -0.39 is 0 Å². The number of rotatable bonds is 6. The fourth-order valence-corrected chi connectivity index (χ4v) is 0.654. The monoisotopic (exact) mass is 144 g/mol. The molecule has 10 heavy (non-hydrogen) atoms. The quantitative estimate of drug-likeness (QED) is 0.432. The molecule has 2 N–H and O–H groups in total. The maximum atomic E-state index is 8.40. The lowest BCUT2D eigenvalue weighted by atomic mass is 10.2. The van der Waals surface area contributed by atoms with E-state index in [2.05, 4.69) is 0 Å². The van der Waals surface area contributed by atoms with Crippen LogP contribution in [-0.4, -0.2) is 23.4 Å². The first-order valence-corrected chi connectivity index (χ1v) is 3.78. The van der Waals surface area contributed by atoms with Crippen LogP contribution in [-0.2, 0) is 0 Å². The highest BCUT2D eigenvalue weighted by Gasteiger charge is 1.79. The van der Waals surface area contributed by atoms with Gasteiger partial charge in [-0.3, -0.25) is 0 Å². The van der Waals surface area contributed by atoms with Gasteiger partial charge in [0.15, 0.2) is 0 Å². The van der Waals surface area contributed by atoms with Crippen molar-refractivity contribution in [2.45, 2.75) is 25.7 Å². The summed E-state index contributed by atoms with van der Waals surface area (Å²) >= 11 is 0. The number of aliphatic hydroxyl groups is 2. The summed E-state index contributed by atoms with van der Waals surface area (Å²) < 4.78 is 0. The highest BCUT2D eigenvalue weighted by molar-refractivity contribution is 4.80. The Morgan fingerprint density at radius 1 is 0.800 bits per heavy atom. The third-order valence-electron chi connectivity index (χ3n) is 1.22. The van der Waals surface area contributed by atoms with E-state index in [1.54, 1.807) is 0 Å². The van der Waals surface area contributed by atoms with Crippen LogP contribution in [0.5, 0.6) is 0 Å². The molecular weight excluding hydrogens is 128 g/mol. The molecule has 0 radical (unpaired) electrons. The van der Waals surface area contributed by atoms with Gasteiger partial charge in [0, 0.05) is 13.2 Å². The zero-order valence-corrected chi connectivity index (χ0v) is 6.29. The van der Waals surface area contributed by atoms with Gasteiger partial charge in [-0.2, -0.15) is 0 Å². The fourth-order valence-electron chi connectivity index (χ4n) is 0.654. The van der Waals surface area contributed by atoms with Crippen LogP contribution >= 0.6 is 0 Å². The SMILES string of the molecule is OCCCC=CCCCO. The highest BCUT2D eigenvalue weighted by atomic mass is 16.3. The van der Waals surface area contributed by atoms with Crippen molar-refractivity contribution in [2.24, 2.45) is 0 Å². The third kappa shape index (κ3) is 7.66. The Morgan fingerprint density at radius 3 is 1.50 bits per heavy atom. The number of allylic oxidation sites excluding steroid dienone is 2. The predicted molar refractivity (Wildman–Crippen MR) is 41.8 cm³/mol. The summed E-state index contributed by atoms with van der Waals surface area (Å²) in [6.45, 7) is 0.536. The van der Waals surface area contributed by atoms with Gasteiger partial charge in [-0.15, -0.1) is 0 Å². The normalized spacial score (nSPS) is 11.0. The summed E-state index contributed by atoms with van der Waals surface area (Å²) in [6, 6.07) is 0. The van der Waals surface area contributed by atoms with Gasteiger partial charge in [0.05, 0.1) is 0 Å². The lowest BCUT2D eigenvalue weighted by Crippen LogP contribution is -1.80. The molecular formula is C8H16O2. The Kier molecular flexibility index (Phi) is 8.37. The Hall–Kier alpha value is -0.340. The van der Waals surface area contributed by atoms with Crippen molar-refractivity contribution in [1.82, 2.24) is 0 Å². The van der Waals surface area contributed by atoms with Crippen molar-refractivity contribution in [3.63, 3.8) is 0 Å². The van der Waals surface area contributed by atoms with Gasteiger partial charge in [-0.05, 0) is 25.7 Å². The second-order valence-corrected chi connectivity index (χ2v) is 2.20. The molecule has 0 heterocycles. The molecule has 0 aromatic heterocycles. The zero-order valence-electron chi connectivity index (χ0n) is 6.29. The summed E-state index contributed by atoms with van der Waals surface area (Å²) in [6.07, 6.45) is 7.67. The highest BCUT2D eigenvalue weighted by Crippen LogP contribution is 1.93. The van der Waals surface area contributed by atoms with E-state index in [0.717, 1.165) is 25.7 Å². The van der Waals surface area contributed by atoms with Crippen LogP contribution in [0, 0.1) is 0 Å². The van der Waals surface area contributed by atoms with Crippen molar-refractivity contribution < 1.29 is 10.2 Å². The molecule has 0 aromatic carbocycles. The predicted octanol–water partition coefficient (Wildman–Crippen LogP) is 1.09. The van der Waals surface area contributed by atoms with E-state index in [0.29, 0.717) is 0 Å². The summed E-state index contributed by atoms with van der Waals surface area (Å²) in [5, 5.41) is 16.8. The topological polar surface area (TPSA) is 40.5 Å². The molecule has 0 saturated carbocycles. The first-order chi connectivity index (χ1) is 4.91. The van der Waals surface area contributed by atoms with Gasteiger partial charge in [0.25, 0.3) is 0 Å². The molecule has 0 bridgehead atoms. The van der Waals surface area contributed by atoms with Crippen molar-refractivity contribution in [1.29, 1.82) is 0 Å². The molecule has 0 rings (SSSR count). The van der Waals surface area contributed by atoms with Crippen molar-refractivity contribution >= 4 is 0 Å². The maximum absolute atomic E-state index is 8.40. The van der Waals surface area contributed by atoms with E-state index in [4.69, 9.17) is 10.2 Å². The van der Waals surface area contributed by atoms with Crippen LogP contribution in [0.25, 0.3) is 0 Å². The van der Waals surface area contributed by atoms with Gasteiger partial charge in [-0.1, -0.05) is 12.2 Å². The summed E-state index contributed by atoms with van der Waals surface area (Å²) in [5.74, 6) is 0. The molecule has 0 spiro atoms. The number of aliphatic hydroxyl groups excluding tert-OH is 2. The van der Waals surface area contributed by atoms with E-state index in [1.165, 1.54) is 0 Å². The summed E-state index contributed by atoms with van der Waals surface area (Å²) in [4.78, 5) is 0. The third-order valence-corrected chi connectivity index (χ3v) is 1.22. The molecule has 0 atom stereocenters. The molecule has 60 valence electrons. The van der Waals surface area contributed by atoms with Crippen LogP contribution in [0.2, 0.25) is 0 Å². The lowest BCUT2D eigenvalue weighted by molar-refractivity contribution is 0.288. The Balaban J connectivity index is 2.89. The van der Waals surface area contributed by atoms with Crippen LogP contribution in [0.1, 0.15) is 25.7 Å². The first-order valence-electron chi connectivity index (χ1n) is 3.78. The van der Waals surface area contributed by atoms with E-state index in [1.807, 2.05) is 12.2 Å². The number of hydrogen-bond acceptors (Lipinski definition) is 2. The molecule has 0 aliphatic rings. The smallest absolute Gasteiger partial charge is 0.0433 e. The van der Waals surface area contributed by atoms with Crippen molar-refractivity contribution in [2.75, 3.05) is 13.2 Å². The molecule has 0 saturated heterocycles. The molecule has 2 heteroatoms. The van der Waals surface area contributed by atoms with Crippen LogP contribution in [0.4, 0.5) is 0 Å². The van der Waals surface area contributed by atoms with Crippen LogP contribution < -0.4 is 0 Å². The Bertz CT molecular complexity index is 69.3. The second-order valence-electron chi connectivity index (χ2n) is 2.20. The number of unbranched alkanes of at least 4 members (excludes halogenated alkanes) is 2. The van der Waals surface area contributed by atoms with E-state index in [-0.39, 0.29) is 13.2 Å². The van der Waals surface area contributed by atoms with Crippen LogP contribution in [0.15, 0.2) is 12.2 Å². The minimum atomic E-state index is 0.268. The maximum Gasteiger partial charge on any atom is 0.0433 e. The van der Waals surface area contributed by atoms with Crippen LogP contribution in [0.3, 0.4) is 0 Å². The standard InChI is InChI=1S/C8H16O2/c9-7-5-3-1-2-4-6-8-10/h1-2,9-10H,3-8H2. The first kappa shape index (κ1) is 9.66. The molecule has 0 aliphatic carbocycles. The largest absolute Gasteiger partial charge is 0.396 e. The van der Waals surface area contributed by atoms with Gasteiger partial charge in [-0.25, -0.2) is 0 Å². The Morgan fingerprint density at radius 2 is 1.20 bits per heavy atom. The molecule has 0 fully saturated rings. The molecule has 0 aromatic rings.